The van der Waals surface area contributed by atoms with Crippen LogP contribution in [-0.4, -0.2) is 55.7 Å². The summed E-state index contributed by atoms with van der Waals surface area (Å²) in [6.45, 7) is 6.08. The first-order valence-corrected chi connectivity index (χ1v) is 6.82. The highest BCUT2D eigenvalue weighted by atomic mass is 32.1. The zero-order chi connectivity index (χ0) is 13.5. The van der Waals surface area contributed by atoms with Gasteiger partial charge in [-0.05, 0) is 19.9 Å². The van der Waals surface area contributed by atoms with Crippen LogP contribution in [0.2, 0.25) is 0 Å². The maximum absolute atomic E-state index is 12.2. The summed E-state index contributed by atoms with van der Waals surface area (Å²) in [5.74, 6) is 0.112. The van der Waals surface area contributed by atoms with Crippen LogP contribution in [0.3, 0.4) is 0 Å². The summed E-state index contributed by atoms with van der Waals surface area (Å²) >= 11 is 1.64. The van der Waals surface area contributed by atoms with Gasteiger partial charge in [0.25, 0.3) is 0 Å². The first kappa shape index (κ1) is 15.3. The molecule has 5 heteroatoms. The summed E-state index contributed by atoms with van der Waals surface area (Å²) in [7, 11) is 1.63. The fraction of sp³-hybridized carbons (Fsp3) is 0.615. The highest BCUT2D eigenvalue weighted by molar-refractivity contribution is 7.12. The van der Waals surface area contributed by atoms with Gasteiger partial charge in [-0.3, -0.25) is 9.69 Å². The number of Topliss-reactive ketones (excluding diaryl/α,β-unsaturated/α-hetero) is 1. The molecule has 1 aromatic rings. The number of nitrogens with zero attached hydrogens (tertiary/aromatic N) is 1. The van der Waals surface area contributed by atoms with Crippen LogP contribution in [0.5, 0.6) is 0 Å². The molecule has 0 radical (unpaired) electrons. The lowest BCUT2D eigenvalue weighted by Gasteiger charge is -2.19. The van der Waals surface area contributed by atoms with E-state index in [1.165, 1.54) is 0 Å². The number of aryl methyl sites for hydroxylation is 2. The third kappa shape index (κ3) is 4.49. The van der Waals surface area contributed by atoms with Gasteiger partial charge in [0.05, 0.1) is 19.8 Å². The Bertz CT molecular complexity index is 390. The number of methoxy groups -OCH3 is 1. The molecule has 0 aliphatic carbocycles. The third-order valence-corrected chi connectivity index (χ3v) is 3.70. The number of hydrogen-bond acceptors (Lipinski definition) is 5. The number of carbonyl (C=O) groups is 1. The number of ketones is 1. The van der Waals surface area contributed by atoms with Gasteiger partial charge < -0.3 is 9.84 Å². The van der Waals surface area contributed by atoms with E-state index in [9.17, 15) is 4.79 Å². The molecule has 102 valence electrons. The summed E-state index contributed by atoms with van der Waals surface area (Å²) in [4.78, 5) is 16.3. The second-order valence-corrected chi connectivity index (χ2v) is 5.70. The molecule has 0 bridgehead atoms. The molecule has 1 aromatic heterocycles. The van der Waals surface area contributed by atoms with Crippen LogP contribution >= 0.6 is 11.3 Å². The van der Waals surface area contributed by atoms with Crippen molar-refractivity contribution >= 4 is 17.1 Å². The van der Waals surface area contributed by atoms with Crippen molar-refractivity contribution in [2.45, 2.75) is 13.8 Å². The number of carbonyl (C=O) groups excluding carboxylic acids is 1. The van der Waals surface area contributed by atoms with Crippen molar-refractivity contribution in [3.8, 4) is 0 Å². The van der Waals surface area contributed by atoms with Gasteiger partial charge in [-0.2, -0.15) is 0 Å². The number of aliphatic hydroxyl groups excluding tert-OH is 1. The molecular formula is C13H21NO3S. The topological polar surface area (TPSA) is 49.8 Å². The van der Waals surface area contributed by atoms with Gasteiger partial charge in [0, 0.05) is 35.5 Å². The van der Waals surface area contributed by atoms with Gasteiger partial charge in [-0.25, -0.2) is 0 Å². The Hall–Kier alpha value is -0.750. The molecule has 18 heavy (non-hydrogen) atoms. The summed E-state index contributed by atoms with van der Waals surface area (Å²) in [6, 6.07) is 1.94. The van der Waals surface area contributed by atoms with Crippen LogP contribution in [0.1, 0.15) is 20.1 Å². The Morgan fingerprint density at radius 1 is 1.44 bits per heavy atom. The van der Waals surface area contributed by atoms with Gasteiger partial charge in [-0.15, -0.1) is 11.3 Å². The van der Waals surface area contributed by atoms with E-state index in [4.69, 9.17) is 9.84 Å². The molecule has 0 unspecified atom stereocenters. The molecular weight excluding hydrogens is 250 g/mol. The van der Waals surface area contributed by atoms with Gasteiger partial charge in [0.1, 0.15) is 0 Å². The van der Waals surface area contributed by atoms with E-state index in [1.807, 2.05) is 24.8 Å². The van der Waals surface area contributed by atoms with Gasteiger partial charge in [0.15, 0.2) is 5.78 Å². The Morgan fingerprint density at radius 3 is 2.67 bits per heavy atom. The summed E-state index contributed by atoms with van der Waals surface area (Å²) < 4.78 is 5.00. The molecule has 0 aromatic carbocycles. The molecule has 0 atom stereocenters. The molecule has 0 amide bonds. The Morgan fingerprint density at radius 2 is 2.17 bits per heavy atom. The predicted molar refractivity (Wildman–Crippen MR) is 73.5 cm³/mol. The second-order valence-electron chi connectivity index (χ2n) is 4.24. The van der Waals surface area contributed by atoms with Crippen molar-refractivity contribution in [1.82, 2.24) is 4.90 Å². The minimum absolute atomic E-state index is 0.0542. The molecule has 1 N–H and O–H groups in total. The quantitative estimate of drug-likeness (QED) is 0.728. The lowest BCUT2D eigenvalue weighted by molar-refractivity contribution is 0.0868. The number of aliphatic hydroxyl groups is 1. The van der Waals surface area contributed by atoms with E-state index in [1.54, 1.807) is 18.4 Å². The molecule has 0 saturated heterocycles. The summed E-state index contributed by atoms with van der Waals surface area (Å²) in [5.41, 5.74) is 0.804. The minimum atomic E-state index is 0.0542. The molecule has 1 rings (SSSR count). The molecule has 0 saturated carbocycles. The van der Waals surface area contributed by atoms with Gasteiger partial charge in [0.2, 0.25) is 0 Å². The molecule has 0 aliphatic heterocycles. The lowest BCUT2D eigenvalue weighted by atomic mass is 10.1. The van der Waals surface area contributed by atoms with Crippen molar-refractivity contribution in [1.29, 1.82) is 0 Å². The first-order chi connectivity index (χ1) is 8.58. The number of rotatable bonds is 8. The third-order valence-electron chi connectivity index (χ3n) is 2.74. The molecule has 4 nitrogen and oxygen atoms in total. The van der Waals surface area contributed by atoms with Crippen LogP contribution in [0.25, 0.3) is 0 Å². The van der Waals surface area contributed by atoms with Crippen molar-refractivity contribution in [3.63, 3.8) is 0 Å². The minimum Gasteiger partial charge on any atom is -0.395 e. The van der Waals surface area contributed by atoms with Crippen LogP contribution in [0.15, 0.2) is 6.07 Å². The number of hydrogen-bond donors (Lipinski definition) is 1. The number of thiophene rings is 1. The zero-order valence-corrected chi connectivity index (χ0v) is 12.0. The van der Waals surface area contributed by atoms with Crippen LogP contribution in [0.4, 0.5) is 0 Å². The Balaban J connectivity index is 2.62. The summed E-state index contributed by atoms with van der Waals surface area (Å²) in [5, 5.41) is 8.99. The fourth-order valence-corrected chi connectivity index (χ4v) is 2.77. The average molecular weight is 271 g/mol. The van der Waals surface area contributed by atoms with E-state index in [2.05, 4.69) is 0 Å². The average Bonchev–Trinajstić information content (AvgIpc) is 2.65. The molecule has 0 fully saturated rings. The van der Waals surface area contributed by atoms with E-state index >= 15 is 0 Å². The van der Waals surface area contributed by atoms with Gasteiger partial charge >= 0.3 is 0 Å². The Kier molecular flexibility index (Phi) is 6.49. The van der Waals surface area contributed by atoms with Crippen LogP contribution in [-0.2, 0) is 4.74 Å². The van der Waals surface area contributed by atoms with E-state index in [0.717, 1.165) is 15.3 Å². The van der Waals surface area contributed by atoms with E-state index < -0.39 is 0 Å². The van der Waals surface area contributed by atoms with Crippen molar-refractivity contribution in [2.75, 3.05) is 40.0 Å². The van der Waals surface area contributed by atoms with Crippen molar-refractivity contribution in [3.05, 3.63) is 21.4 Å². The van der Waals surface area contributed by atoms with Crippen molar-refractivity contribution in [2.24, 2.45) is 0 Å². The van der Waals surface area contributed by atoms with E-state index in [0.29, 0.717) is 26.2 Å². The SMILES string of the molecule is COCCN(CCO)CC(=O)c1cc(C)sc1C. The monoisotopic (exact) mass is 271 g/mol. The standard InChI is InChI=1S/C13H21NO3S/c1-10-8-12(11(2)18-10)13(16)9-14(4-6-15)5-7-17-3/h8,15H,4-7,9H2,1-3H3. The second kappa shape index (κ2) is 7.63. The number of ether oxygens (including phenoxy) is 1. The van der Waals surface area contributed by atoms with E-state index in [-0.39, 0.29) is 12.4 Å². The molecule has 0 aliphatic rings. The fourth-order valence-electron chi connectivity index (χ4n) is 1.83. The maximum atomic E-state index is 12.2. The molecule has 1 heterocycles. The maximum Gasteiger partial charge on any atom is 0.177 e. The zero-order valence-electron chi connectivity index (χ0n) is 11.2. The normalized spacial score (nSPS) is 11.2. The van der Waals surface area contributed by atoms with Crippen molar-refractivity contribution < 1.29 is 14.6 Å². The highest BCUT2D eigenvalue weighted by Gasteiger charge is 2.15. The first-order valence-electron chi connectivity index (χ1n) is 6.01. The molecule has 0 spiro atoms. The van der Waals surface area contributed by atoms with Gasteiger partial charge in [-0.1, -0.05) is 0 Å². The smallest absolute Gasteiger partial charge is 0.177 e. The van der Waals surface area contributed by atoms with Crippen LogP contribution < -0.4 is 0 Å². The Labute approximate surface area is 112 Å². The lowest BCUT2D eigenvalue weighted by Crippen LogP contribution is -2.35. The largest absolute Gasteiger partial charge is 0.395 e. The summed E-state index contributed by atoms with van der Waals surface area (Å²) in [6.07, 6.45) is 0. The van der Waals surface area contributed by atoms with Crippen LogP contribution in [0, 0.1) is 13.8 Å². The highest BCUT2D eigenvalue weighted by Crippen LogP contribution is 2.21. The predicted octanol–water partition coefficient (Wildman–Crippen LogP) is 1.49.